The van der Waals surface area contributed by atoms with Gasteiger partial charge in [-0.2, -0.15) is 4.58 Å². The highest BCUT2D eigenvalue weighted by Gasteiger charge is 2.41. The molecule has 3 rings (SSSR count). The number of carbonyl (C=O) groups excluding carboxylic acids is 2. The Kier molecular flexibility index (Phi) is 8.58. The number of rotatable bonds is 12. The van der Waals surface area contributed by atoms with E-state index in [1.165, 1.54) is 35.1 Å². The van der Waals surface area contributed by atoms with Crippen molar-refractivity contribution in [3.8, 4) is 11.5 Å². The number of carboxylic acids is 3. The number of aromatic hydroxyl groups is 1. The molecule has 2 aliphatic rings. The zero-order valence-corrected chi connectivity index (χ0v) is 19.2. The predicted molar refractivity (Wildman–Crippen MR) is 122 cm³/mol. The monoisotopic (exact) mass is 518 g/mol. The lowest BCUT2D eigenvalue weighted by Gasteiger charge is -2.23. The molecule has 0 fully saturated rings. The molecule has 1 aromatic carbocycles. The summed E-state index contributed by atoms with van der Waals surface area (Å²) in [5, 5.41) is 40.8. The maximum Gasteiger partial charge on any atom is 0.373 e. The zero-order chi connectivity index (χ0) is 27.1. The molecule has 0 aliphatic carbocycles. The Bertz CT molecular complexity index is 1200. The maximum absolute atomic E-state index is 11.9. The number of nitrogens with zero attached hydrogens (tertiary/aromatic N) is 1. The second-order valence-corrected chi connectivity index (χ2v) is 8.13. The third kappa shape index (κ3) is 6.70. The number of aliphatic carboxylic acids is 3. The summed E-state index contributed by atoms with van der Waals surface area (Å²) in [6.45, 7) is 0.182. The van der Waals surface area contributed by atoms with Crippen LogP contribution in [0.4, 0.5) is 5.69 Å². The number of carbonyl (C=O) groups is 5. The van der Waals surface area contributed by atoms with E-state index in [2.05, 4.69) is 10.8 Å². The number of hydroxylamine groups is 1. The van der Waals surface area contributed by atoms with Crippen LogP contribution in [0.15, 0.2) is 35.6 Å². The van der Waals surface area contributed by atoms with Gasteiger partial charge in [-0.25, -0.2) is 9.59 Å². The van der Waals surface area contributed by atoms with Gasteiger partial charge in [-0.1, -0.05) is 0 Å². The molecule has 14 heteroatoms. The molecule has 3 atom stereocenters. The molecule has 0 spiro atoms. The Labute approximate surface area is 209 Å². The smallest absolute Gasteiger partial charge is 0.373 e. The Hall–Kier alpha value is -4.72. The number of nitrogens with one attached hydrogen (secondary N) is 2. The fourth-order valence-electron chi connectivity index (χ4n) is 3.81. The molecule has 2 heterocycles. The minimum atomic E-state index is -1.27. The number of allylic oxidation sites excluding steroid dienone is 2. The third-order valence-corrected chi connectivity index (χ3v) is 5.59. The molecule has 1 aromatic rings. The predicted octanol–water partition coefficient (Wildman–Crippen LogP) is -0.181. The van der Waals surface area contributed by atoms with E-state index in [1.54, 1.807) is 0 Å². The van der Waals surface area contributed by atoms with E-state index in [4.69, 9.17) is 14.7 Å². The molecule has 0 radical (unpaired) electrons. The van der Waals surface area contributed by atoms with Gasteiger partial charge in [-0.3, -0.25) is 9.59 Å². The number of hydrogen-bond acceptors (Lipinski definition) is 10. The molecule has 0 aromatic heterocycles. The molecule has 14 nitrogen and oxygen atoms in total. The van der Waals surface area contributed by atoms with Crippen molar-refractivity contribution in [2.75, 3.05) is 0 Å². The van der Waals surface area contributed by atoms with E-state index in [0.717, 1.165) is 0 Å². The van der Waals surface area contributed by atoms with E-state index in [-0.39, 0.29) is 49.4 Å². The fraction of sp³-hybridized carbons (Fsp3) is 0.304. The van der Waals surface area contributed by atoms with Crippen molar-refractivity contribution in [3.63, 3.8) is 0 Å². The van der Waals surface area contributed by atoms with E-state index in [0.29, 0.717) is 23.1 Å². The summed E-state index contributed by atoms with van der Waals surface area (Å²) >= 11 is 0. The van der Waals surface area contributed by atoms with Crippen LogP contribution in [0.3, 0.4) is 0 Å². The molecule has 2 aliphatic heterocycles. The van der Waals surface area contributed by atoms with E-state index in [1.807, 2.05) is 0 Å². The number of benzene rings is 1. The Morgan fingerprint density at radius 2 is 1.95 bits per heavy atom. The van der Waals surface area contributed by atoms with Crippen molar-refractivity contribution in [2.24, 2.45) is 0 Å². The fourth-order valence-corrected chi connectivity index (χ4v) is 3.81. The highest BCUT2D eigenvalue weighted by molar-refractivity contribution is 5.87. The van der Waals surface area contributed by atoms with Gasteiger partial charge in [-0.05, 0) is 24.1 Å². The minimum absolute atomic E-state index is 0.0335. The molecular formula is C23H24N3O11+. The summed E-state index contributed by atoms with van der Waals surface area (Å²) in [6, 6.07) is 0.665. The Morgan fingerprint density at radius 3 is 2.57 bits per heavy atom. The first-order chi connectivity index (χ1) is 17.6. The highest BCUT2D eigenvalue weighted by Crippen LogP contribution is 2.39. The Balaban J connectivity index is 1.89. The summed E-state index contributed by atoms with van der Waals surface area (Å²) in [6.07, 6.45) is 3.60. The van der Waals surface area contributed by atoms with Crippen LogP contribution in [-0.4, -0.2) is 80.2 Å². The van der Waals surface area contributed by atoms with Crippen LogP contribution >= 0.6 is 0 Å². The van der Waals surface area contributed by atoms with Crippen molar-refractivity contribution < 1.29 is 58.5 Å². The van der Waals surface area contributed by atoms with Crippen molar-refractivity contribution in [3.05, 3.63) is 41.1 Å². The summed E-state index contributed by atoms with van der Waals surface area (Å²) < 4.78 is 6.21. The maximum atomic E-state index is 11.9. The normalized spacial score (nSPS) is 21.4. The number of fused-ring (bicyclic) bond motifs is 1. The van der Waals surface area contributed by atoms with Crippen molar-refractivity contribution in [2.45, 2.75) is 44.0 Å². The molecule has 0 bridgehead atoms. The molecule has 0 saturated heterocycles. The summed E-state index contributed by atoms with van der Waals surface area (Å²) in [5.41, 5.74) is 3.46. The van der Waals surface area contributed by atoms with Gasteiger partial charge < -0.3 is 40.1 Å². The second-order valence-electron chi connectivity index (χ2n) is 8.13. The Morgan fingerprint density at radius 1 is 1.19 bits per heavy atom. The van der Waals surface area contributed by atoms with E-state index in [9.17, 15) is 39.3 Å². The molecule has 1 unspecified atom stereocenters. The number of phenolic OH excluding ortho intramolecular Hbond substituents is 1. The first-order valence-corrected chi connectivity index (χ1v) is 10.9. The number of ether oxygens (including phenoxy) is 1. The molecule has 37 heavy (non-hydrogen) atoms. The first kappa shape index (κ1) is 26.9. The number of phenols is 1. The second kappa shape index (κ2) is 11.8. The lowest BCUT2D eigenvalue weighted by molar-refractivity contribution is -0.456. The summed E-state index contributed by atoms with van der Waals surface area (Å²) in [4.78, 5) is 61.1. The van der Waals surface area contributed by atoms with Crippen molar-refractivity contribution >= 4 is 42.6 Å². The summed E-state index contributed by atoms with van der Waals surface area (Å²) in [7, 11) is 0. The van der Waals surface area contributed by atoms with Crippen LogP contribution in [0.1, 0.15) is 24.8 Å². The van der Waals surface area contributed by atoms with Gasteiger partial charge in [0.05, 0.1) is 18.5 Å². The van der Waals surface area contributed by atoms with Gasteiger partial charge in [0.15, 0.2) is 23.9 Å². The van der Waals surface area contributed by atoms with Crippen molar-refractivity contribution in [1.82, 2.24) is 10.8 Å². The summed E-state index contributed by atoms with van der Waals surface area (Å²) in [5.74, 6) is -3.99. The third-order valence-electron chi connectivity index (χ3n) is 5.59. The standard InChI is InChI=1S/C23H23N3O11/c27-10-14(1-2-21(30)31)25-37-19-8-13-7-17(23(34)35)26(16(13)9-18(19)29)4-3-12-5-15(22(32)33)24-20(6-12)36-11-28/h3-5,8-11,14,17,20,25H,1-2,6-7H2,(H4,29,30,31,32,33,34,35)/p+1/t14-,17-,20?/m0/s1. The number of hydrogen-bond donors (Lipinski definition) is 6. The minimum Gasteiger partial charge on any atom is -0.504 e. The topological polar surface area (TPSA) is 212 Å². The molecule has 0 saturated carbocycles. The first-order valence-electron chi connectivity index (χ1n) is 10.9. The SMILES string of the molecule is O=COC1C/C(=C\C=[N+]2c3cc(O)c(ON[C@H](C=O)CCC(=O)O)cc3C[C@H]2C(=O)O)C=C(C(=O)O)N1. The van der Waals surface area contributed by atoms with Gasteiger partial charge in [0.2, 0.25) is 5.69 Å². The average molecular weight is 518 g/mol. The molecule has 6 N–H and O–H groups in total. The highest BCUT2D eigenvalue weighted by atomic mass is 16.7. The van der Waals surface area contributed by atoms with Crippen LogP contribution in [0, 0.1) is 0 Å². The van der Waals surface area contributed by atoms with Crippen LogP contribution < -0.4 is 15.6 Å². The van der Waals surface area contributed by atoms with Crippen molar-refractivity contribution in [1.29, 1.82) is 0 Å². The van der Waals surface area contributed by atoms with Crippen LogP contribution in [0.5, 0.6) is 11.5 Å². The number of aldehydes is 1. The average Bonchev–Trinajstić information content (AvgIpc) is 3.20. The van der Waals surface area contributed by atoms with Gasteiger partial charge in [0.25, 0.3) is 12.5 Å². The van der Waals surface area contributed by atoms with Crippen LogP contribution in [-0.2, 0) is 35.1 Å². The quantitative estimate of drug-likeness (QED) is 0.121. The number of carboxylic acid groups (broad SMARTS) is 3. The van der Waals surface area contributed by atoms with Crippen LogP contribution in [0.25, 0.3) is 0 Å². The zero-order valence-electron chi connectivity index (χ0n) is 19.2. The molecular weight excluding hydrogens is 494 g/mol. The van der Waals surface area contributed by atoms with Gasteiger partial charge >= 0.3 is 17.9 Å². The van der Waals surface area contributed by atoms with Gasteiger partial charge in [-0.15, -0.1) is 5.48 Å². The molecule has 0 amide bonds. The lowest BCUT2D eigenvalue weighted by Crippen LogP contribution is -2.37. The van der Waals surface area contributed by atoms with E-state index < -0.39 is 36.2 Å². The van der Waals surface area contributed by atoms with Gasteiger partial charge in [0.1, 0.15) is 12.0 Å². The van der Waals surface area contributed by atoms with E-state index >= 15 is 0 Å². The van der Waals surface area contributed by atoms with Gasteiger partial charge in [0, 0.05) is 24.5 Å². The van der Waals surface area contributed by atoms with Crippen LogP contribution in [0.2, 0.25) is 0 Å². The lowest BCUT2D eigenvalue weighted by atomic mass is 10.1. The molecule has 196 valence electrons. The largest absolute Gasteiger partial charge is 0.504 e.